The molecule has 0 saturated carbocycles. The summed E-state index contributed by atoms with van der Waals surface area (Å²) in [5.74, 6) is -0.0503. The highest BCUT2D eigenvalue weighted by Gasteiger charge is 2.38. The monoisotopic (exact) mass is 397 g/mol. The summed E-state index contributed by atoms with van der Waals surface area (Å²) in [7, 11) is 0. The highest BCUT2D eigenvalue weighted by atomic mass is 16.5. The summed E-state index contributed by atoms with van der Waals surface area (Å²) < 4.78 is 7.02. The number of allylic oxidation sites excluding steroid dienone is 1. The van der Waals surface area contributed by atoms with Gasteiger partial charge in [-0.3, -0.25) is 4.79 Å². The number of aromatic nitrogens is 3. The molecule has 0 spiro atoms. The van der Waals surface area contributed by atoms with Crippen molar-refractivity contribution in [2.45, 2.75) is 46.2 Å². The summed E-state index contributed by atoms with van der Waals surface area (Å²) >= 11 is 0. The van der Waals surface area contributed by atoms with Crippen LogP contribution in [0.1, 0.15) is 45.7 Å². The van der Waals surface area contributed by atoms with Gasteiger partial charge in [0, 0.05) is 11.7 Å². The number of nitrogens with zero attached hydrogens (tertiary/aromatic N) is 4. The first-order chi connectivity index (χ1) is 14.0. The van der Waals surface area contributed by atoms with Crippen LogP contribution in [0.2, 0.25) is 0 Å². The molecule has 1 aromatic heterocycles. The molecule has 8 heteroatoms. The predicted molar refractivity (Wildman–Crippen MR) is 109 cm³/mol. The smallest absolute Gasteiger partial charge is 0.338 e. The van der Waals surface area contributed by atoms with Gasteiger partial charge in [-0.05, 0) is 32.8 Å². The largest absolute Gasteiger partial charge is 0.463 e. The summed E-state index contributed by atoms with van der Waals surface area (Å²) in [6.45, 7) is 7.85. The van der Waals surface area contributed by atoms with Gasteiger partial charge in [0.15, 0.2) is 0 Å². The second-order valence-corrected chi connectivity index (χ2v) is 7.00. The number of amides is 1. The number of carbonyl (C=O) groups excluding carboxylic acids is 2. The lowest BCUT2D eigenvalue weighted by Crippen LogP contribution is -2.44. The molecule has 8 nitrogen and oxygen atoms in total. The van der Waals surface area contributed by atoms with Gasteiger partial charge in [-0.1, -0.05) is 37.3 Å². The van der Waals surface area contributed by atoms with Crippen molar-refractivity contribution in [3.05, 3.63) is 53.5 Å². The van der Waals surface area contributed by atoms with Gasteiger partial charge < -0.3 is 15.0 Å². The average Bonchev–Trinajstić information content (AvgIpc) is 3.19. The normalized spacial score (nSPS) is 17.0. The number of benzene rings is 1. The summed E-state index contributed by atoms with van der Waals surface area (Å²) in [5, 5.41) is 7.32. The molecule has 1 aromatic carbocycles. The third-order valence-corrected chi connectivity index (χ3v) is 5.04. The Bertz CT molecular complexity index is 906. The Balaban J connectivity index is 2.06. The topological polar surface area (TPSA) is 89.3 Å². The zero-order valence-electron chi connectivity index (χ0n) is 17.3. The van der Waals surface area contributed by atoms with Crippen LogP contribution in [0, 0.1) is 0 Å². The molecule has 0 unspecified atom stereocenters. The van der Waals surface area contributed by atoms with Crippen LogP contribution in [0.5, 0.6) is 0 Å². The van der Waals surface area contributed by atoms with E-state index in [2.05, 4.69) is 15.4 Å². The van der Waals surface area contributed by atoms with Crippen molar-refractivity contribution in [3.63, 3.8) is 0 Å². The molecule has 0 bridgehead atoms. The van der Waals surface area contributed by atoms with E-state index in [1.165, 1.54) is 6.33 Å². The van der Waals surface area contributed by atoms with E-state index in [4.69, 9.17) is 4.74 Å². The zero-order valence-corrected chi connectivity index (χ0v) is 17.3. The van der Waals surface area contributed by atoms with Crippen LogP contribution in [0.3, 0.4) is 0 Å². The Morgan fingerprint density at radius 3 is 2.62 bits per heavy atom. The van der Waals surface area contributed by atoms with Crippen LogP contribution in [-0.4, -0.2) is 45.8 Å². The standard InChI is InChI=1S/C21H27N5O3/c1-5-14(3)24-17(27)12-25-15(4)18(20(28)29-6-2)19(16-10-8-7-9-11-16)26-21(25)22-13-23-26/h7-11,13-14,19H,5-6,12H2,1-4H3,(H,24,27)/t14-,19-/m0/s1. The molecule has 1 amide bonds. The van der Waals surface area contributed by atoms with Crippen molar-refractivity contribution in [1.82, 2.24) is 20.1 Å². The van der Waals surface area contributed by atoms with Gasteiger partial charge in [-0.15, -0.1) is 0 Å². The minimum Gasteiger partial charge on any atom is -0.463 e. The number of anilines is 1. The average molecular weight is 397 g/mol. The number of esters is 1. The van der Waals surface area contributed by atoms with Crippen LogP contribution in [-0.2, 0) is 14.3 Å². The van der Waals surface area contributed by atoms with Crippen LogP contribution >= 0.6 is 0 Å². The Hall–Kier alpha value is -3.16. The van der Waals surface area contributed by atoms with Crippen molar-refractivity contribution in [1.29, 1.82) is 0 Å². The van der Waals surface area contributed by atoms with E-state index in [-0.39, 0.29) is 25.1 Å². The van der Waals surface area contributed by atoms with Gasteiger partial charge in [0.1, 0.15) is 18.9 Å². The molecule has 29 heavy (non-hydrogen) atoms. The van der Waals surface area contributed by atoms with E-state index in [9.17, 15) is 9.59 Å². The number of carbonyl (C=O) groups is 2. The second-order valence-electron chi connectivity index (χ2n) is 7.00. The van der Waals surface area contributed by atoms with Gasteiger partial charge in [0.05, 0.1) is 12.2 Å². The molecule has 0 aliphatic carbocycles. The highest BCUT2D eigenvalue weighted by Crippen LogP contribution is 2.38. The third-order valence-electron chi connectivity index (χ3n) is 5.04. The van der Waals surface area contributed by atoms with E-state index in [0.29, 0.717) is 17.2 Å². The van der Waals surface area contributed by atoms with Crippen molar-refractivity contribution < 1.29 is 14.3 Å². The third kappa shape index (κ3) is 4.16. The van der Waals surface area contributed by atoms with Crippen LogP contribution < -0.4 is 10.2 Å². The molecule has 3 rings (SSSR count). The zero-order chi connectivity index (χ0) is 21.0. The maximum atomic E-state index is 12.9. The van der Waals surface area contributed by atoms with Gasteiger partial charge in [-0.25, -0.2) is 9.48 Å². The van der Waals surface area contributed by atoms with E-state index < -0.39 is 12.0 Å². The maximum Gasteiger partial charge on any atom is 0.338 e. The lowest BCUT2D eigenvalue weighted by atomic mass is 9.95. The second kappa shape index (κ2) is 8.89. The lowest BCUT2D eigenvalue weighted by molar-refractivity contribution is -0.139. The Labute approximate surface area is 170 Å². The van der Waals surface area contributed by atoms with Gasteiger partial charge in [0.25, 0.3) is 0 Å². The van der Waals surface area contributed by atoms with Crippen molar-refractivity contribution in [2.24, 2.45) is 0 Å². The molecule has 154 valence electrons. The highest BCUT2D eigenvalue weighted by molar-refractivity contribution is 5.93. The molecule has 2 heterocycles. The Morgan fingerprint density at radius 2 is 1.97 bits per heavy atom. The number of fused-ring (bicyclic) bond motifs is 1. The minimum atomic E-state index is -0.471. The molecule has 0 fully saturated rings. The van der Waals surface area contributed by atoms with Crippen molar-refractivity contribution >= 4 is 17.8 Å². The van der Waals surface area contributed by atoms with E-state index in [1.807, 2.05) is 51.1 Å². The molecule has 2 atom stereocenters. The van der Waals surface area contributed by atoms with Gasteiger partial charge in [0.2, 0.25) is 11.9 Å². The maximum absolute atomic E-state index is 12.9. The molecular formula is C21H27N5O3. The number of nitrogens with one attached hydrogen (secondary N) is 1. The fourth-order valence-corrected chi connectivity index (χ4v) is 3.40. The van der Waals surface area contributed by atoms with Crippen LogP contribution in [0.25, 0.3) is 0 Å². The molecule has 1 aliphatic rings. The fraction of sp³-hybridized carbons (Fsp3) is 0.429. The molecule has 0 radical (unpaired) electrons. The number of rotatable bonds is 7. The van der Waals surface area contributed by atoms with Crippen molar-refractivity contribution in [2.75, 3.05) is 18.1 Å². The van der Waals surface area contributed by atoms with Crippen molar-refractivity contribution in [3.8, 4) is 0 Å². The first-order valence-electron chi connectivity index (χ1n) is 9.87. The number of hydrogen-bond donors (Lipinski definition) is 1. The minimum absolute atomic E-state index is 0.0410. The van der Waals surface area contributed by atoms with E-state index >= 15 is 0 Å². The van der Waals surface area contributed by atoms with Gasteiger partial charge in [-0.2, -0.15) is 10.1 Å². The molecule has 1 aliphatic heterocycles. The predicted octanol–water partition coefficient (Wildman–Crippen LogP) is 2.44. The quantitative estimate of drug-likeness (QED) is 0.722. The first-order valence-corrected chi connectivity index (χ1v) is 9.87. The summed E-state index contributed by atoms with van der Waals surface area (Å²) in [4.78, 5) is 31.6. The number of hydrogen-bond acceptors (Lipinski definition) is 6. The molecular weight excluding hydrogens is 370 g/mol. The van der Waals surface area contributed by atoms with Crippen LogP contribution in [0.4, 0.5) is 5.95 Å². The van der Waals surface area contributed by atoms with E-state index in [0.717, 1.165) is 12.0 Å². The van der Waals surface area contributed by atoms with Gasteiger partial charge >= 0.3 is 5.97 Å². The first kappa shape index (κ1) is 20.6. The van der Waals surface area contributed by atoms with Crippen LogP contribution in [0.15, 0.2) is 47.9 Å². The molecule has 2 aromatic rings. The molecule has 0 saturated heterocycles. The SMILES string of the molecule is CCOC(=O)C1=C(C)N(CC(=O)N[C@@H](C)CC)c2ncnn2[C@H]1c1ccccc1. The Morgan fingerprint density at radius 1 is 1.24 bits per heavy atom. The molecule has 1 N–H and O–H groups in total. The fourth-order valence-electron chi connectivity index (χ4n) is 3.40. The summed E-state index contributed by atoms with van der Waals surface area (Å²) in [5.41, 5.74) is 1.98. The van der Waals surface area contributed by atoms with E-state index in [1.54, 1.807) is 16.5 Å². The lowest BCUT2D eigenvalue weighted by Gasteiger charge is -2.35. The summed E-state index contributed by atoms with van der Waals surface area (Å²) in [6.07, 6.45) is 2.27. The number of ether oxygens (including phenoxy) is 1. The summed E-state index contributed by atoms with van der Waals surface area (Å²) in [6, 6.07) is 9.21. The Kier molecular flexibility index (Phi) is 6.31.